The lowest BCUT2D eigenvalue weighted by Gasteiger charge is -2.28. The van der Waals surface area contributed by atoms with Gasteiger partial charge in [-0.05, 0) is 67.6 Å². The van der Waals surface area contributed by atoms with Crippen LogP contribution in [0.4, 0.5) is 11.4 Å². The Balaban J connectivity index is 1.72. The van der Waals surface area contributed by atoms with Crippen LogP contribution < -0.4 is 19.1 Å². The molecule has 0 bridgehead atoms. The number of nitrogens with zero attached hydrogens (tertiary/aromatic N) is 1. The Morgan fingerprint density at radius 2 is 1.42 bits per heavy atom. The van der Waals surface area contributed by atoms with Crippen molar-refractivity contribution in [1.29, 1.82) is 0 Å². The molecule has 1 unspecified atom stereocenters. The molecule has 0 saturated heterocycles. The standard InChI is InChI=1S/C23H24N2O5S/c1-17(25(31(3,27)28)19-11-15-20(29-2)16-12-19)23(26)24-18-9-13-22(14-10-18)30-21-7-5-4-6-8-21/h4-17H,1-3H3,(H,24,26). The molecule has 0 heterocycles. The molecule has 1 N–H and O–H groups in total. The van der Waals surface area contributed by atoms with E-state index in [-0.39, 0.29) is 0 Å². The van der Waals surface area contributed by atoms with Crippen LogP contribution in [0.25, 0.3) is 0 Å². The Kier molecular flexibility index (Phi) is 6.81. The third kappa shape index (κ3) is 5.76. The fourth-order valence-electron chi connectivity index (χ4n) is 3.02. The molecule has 0 aliphatic rings. The summed E-state index contributed by atoms with van der Waals surface area (Å²) in [5, 5.41) is 2.75. The van der Waals surface area contributed by atoms with Crippen molar-refractivity contribution < 1.29 is 22.7 Å². The van der Waals surface area contributed by atoms with E-state index in [0.29, 0.717) is 28.6 Å². The second-order valence-corrected chi connectivity index (χ2v) is 8.72. The molecule has 3 aromatic carbocycles. The number of amides is 1. The van der Waals surface area contributed by atoms with Gasteiger partial charge in [0.2, 0.25) is 15.9 Å². The second kappa shape index (κ2) is 9.53. The van der Waals surface area contributed by atoms with Gasteiger partial charge in [0.15, 0.2) is 0 Å². The zero-order valence-electron chi connectivity index (χ0n) is 17.5. The molecular weight excluding hydrogens is 416 g/mol. The molecule has 0 saturated carbocycles. The van der Waals surface area contributed by atoms with Crippen LogP contribution in [-0.4, -0.2) is 33.7 Å². The molecule has 3 aromatic rings. The summed E-state index contributed by atoms with van der Waals surface area (Å²) in [5.41, 5.74) is 0.901. The van der Waals surface area contributed by atoms with Gasteiger partial charge in [-0.15, -0.1) is 0 Å². The SMILES string of the molecule is COc1ccc(N(C(C)C(=O)Nc2ccc(Oc3ccccc3)cc2)S(C)(=O)=O)cc1. The number of carbonyl (C=O) groups excluding carboxylic acids is 1. The third-order valence-corrected chi connectivity index (χ3v) is 5.76. The summed E-state index contributed by atoms with van der Waals surface area (Å²) in [4.78, 5) is 12.8. The van der Waals surface area contributed by atoms with Crippen molar-refractivity contribution in [3.8, 4) is 17.2 Å². The lowest BCUT2D eigenvalue weighted by molar-refractivity contribution is -0.116. The zero-order valence-corrected chi connectivity index (χ0v) is 18.3. The molecule has 31 heavy (non-hydrogen) atoms. The van der Waals surface area contributed by atoms with E-state index < -0.39 is 22.0 Å². The van der Waals surface area contributed by atoms with Crippen molar-refractivity contribution in [2.24, 2.45) is 0 Å². The van der Waals surface area contributed by atoms with Gasteiger partial charge in [-0.1, -0.05) is 18.2 Å². The minimum Gasteiger partial charge on any atom is -0.497 e. The first-order valence-corrected chi connectivity index (χ1v) is 11.4. The molecule has 0 spiro atoms. The van der Waals surface area contributed by atoms with Crippen LogP contribution >= 0.6 is 0 Å². The van der Waals surface area contributed by atoms with Crippen molar-refractivity contribution in [1.82, 2.24) is 0 Å². The van der Waals surface area contributed by atoms with Gasteiger partial charge >= 0.3 is 0 Å². The van der Waals surface area contributed by atoms with Crippen LogP contribution in [0, 0.1) is 0 Å². The molecule has 0 aliphatic heterocycles. The van der Waals surface area contributed by atoms with Gasteiger partial charge < -0.3 is 14.8 Å². The van der Waals surface area contributed by atoms with Crippen LogP contribution in [0.1, 0.15) is 6.92 Å². The molecule has 3 rings (SSSR count). The van der Waals surface area contributed by atoms with Crippen molar-refractivity contribution in [3.63, 3.8) is 0 Å². The van der Waals surface area contributed by atoms with Gasteiger partial charge in [0.1, 0.15) is 23.3 Å². The van der Waals surface area contributed by atoms with Gasteiger partial charge in [-0.2, -0.15) is 0 Å². The second-order valence-electron chi connectivity index (χ2n) is 6.86. The number of sulfonamides is 1. The Morgan fingerprint density at radius 3 is 1.97 bits per heavy atom. The smallest absolute Gasteiger partial charge is 0.247 e. The molecule has 0 aromatic heterocycles. The normalized spacial score (nSPS) is 12.0. The van der Waals surface area contributed by atoms with Crippen molar-refractivity contribution >= 4 is 27.3 Å². The third-order valence-electron chi connectivity index (χ3n) is 4.52. The Hall–Kier alpha value is -3.52. The van der Waals surface area contributed by atoms with Crippen molar-refractivity contribution in [2.75, 3.05) is 23.0 Å². The topological polar surface area (TPSA) is 84.9 Å². The number of benzene rings is 3. The molecule has 1 atom stereocenters. The van der Waals surface area contributed by atoms with Gasteiger partial charge in [-0.3, -0.25) is 9.10 Å². The first-order valence-electron chi connectivity index (χ1n) is 9.55. The van der Waals surface area contributed by atoms with Crippen LogP contribution in [0.15, 0.2) is 78.9 Å². The summed E-state index contributed by atoms with van der Waals surface area (Å²) >= 11 is 0. The van der Waals surface area contributed by atoms with Gasteiger partial charge in [0, 0.05) is 5.69 Å². The van der Waals surface area contributed by atoms with Crippen LogP contribution in [-0.2, 0) is 14.8 Å². The summed E-state index contributed by atoms with van der Waals surface area (Å²) in [6.45, 7) is 1.54. The van der Waals surface area contributed by atoms with Gasteiger partial charge in [-0.25, -0.2) is 8.42 Å². The Morgan fingerprint density at radius 1 is 0.871 bits per heavy atom. The minimum absolute atomic E-state index is 0.373. The minimum atomic E-state index is -3.70. The Labute approximate surface area is 182 Å². The number of carbonyl (C=O) groups is 1. The maximum atomic E-state index is 12.8. The van der Waals surface area contributed by atoms with E-state index in [1.54, 1.807) is 48.5 Å². The average Bonchev–Trinajstić information content (AvgIpc) is 2.75. The Bertz CT molecular complexity index is 1110. The molecule has 1 amide bonds. The molecule has 0 radical (unpaired) electrons. The van der Waals surface area contributed by atoms with E-state index in [1.807, 2.05) is 30.3 Å². The van der Waals surface area contributed by atoms with Crippen LogP contribution in [0.3, 0.4) is 0 Å². The van der Waals surface area contributed by atoms with E-state index >= 15 is 0 Å². The van der Waals surface area contributed by atoms with Crippen LogP contribution in [0.5, 0.6) is 17.2 Å². The predicted molar refractivity (Wildman–Crippen MR) is 121 cm³/mol. The monoisotopic (exact) mass is 440 g/mol. The predicted octanol–water partition coefficient (Wildman–Crippen LogP) is 4.28. The summed E-state index contributed by atoms with van der Waals surface area (Å²) in [7, 11) is -2.18. The molecule has 8 heteroatoms. The quantitative estimate of drug-likeness (QED) is 0.565. The number of rotatable bonds is 8. The zero-order chi connectivity index (χ0) is 22.4. The average molecular weight is 441 g/mol. The summed E-state index contributed by atoms with van der Waals surface area (Å²) in [6, 6.07) is 21.7. The van der Waals surface area contributed by atoms with Gasteiger partial charge in [0.05, 0.1) is 19.1 Å². The van der Waals surface area contributed by atoms with E-state index in [9.17, 15) is 13.2 Å². The number of methoxy groups -OCH3 is 1. The first-order chi connectivity index (χ1) is 14.8. The first kappa shape index (κ1) is 22.2. The number of ether oxygens (including phenoxy) is 2. The maximum absolute atomic E-state index is 12.8. The van der Waals surface area contributed by atoms with Crippen molar-refractivity contribution in [2.45, 2.75) is 13.0 Å². The van der Waals surface area contributed by atoms with Gasteiger partial charge in [0.25, 0.3) is 0 Å². The van der Waals surface area contributed by atoms with E-state index in [4.69, 9.17) is 9.47 Å². The van der Waals surface area contributed by atoms with E-state index in [1.165, 1.54) is 14.0 Å². The fourth-order valence-corrected chi connectivity index (χ4v) is 4.19. The molecule has 0 fully saturated rings. The maximum Gasteiger partial charge on any atom is 0.247 e. The summed E-state index contributed by atoms with van der Waals surface area (Å²) < 4.78 is 36.7. The highest BCUT2D eigenvalue weighted by atomic mass is 32.2. The van der Waals surface area contributed by atoms with Crippen LogP contribution in [0.2, 0.25) is 0 Å². The summed E-state index contributed by atoms with van der Waals surface area (Å²) in [6.07, 6.45) is 1.07. The molecular formula is C23H24N2O5S. The lowest BCUT2D eigenvalue weighted by atomic mass is 10.2. The number of para-hydroxylation sites is 1. The number of hydrogen-bond donors (Lipinski definition) is 1. The highest BCUT2D eigenvalue weighted by Crippen LogP contribution is 2.25. The molecule has 0 aliphatic carbocycles. The highest BCUT2D eigenvalue weighted by molar-refractivity contribution is 7.92. The fraction of sp³-hybridized carbons (Fsp3) is 0.174. The largest absolute Gasteiger partial charge is 0.497 e. The number of nitrogens with one attached hydrogen (secondary N) is 1. The lowest BCUT2D eigenvalue weighted by Crippen LogP contribution is -2.45. The van der Waals surface area contributed by atoms with E-state index in [0.717, 1.165) is 10.6 Å². The molecule has 7 nitrogen and oxygen atoms in total. The highest BCUT2D eigenvalue weighted by Gasteiger charge is 2.29. The van der Waals surface area contributed by atoms with Crippen molar-refractivity contribution in [3.05, 3.63) is 78.9 Å². The number of hydrogen-bond acceptors (Lipinski definition) is 5. The summed E-state index contributed by atoms with van der Waals surface area (Å²) in [5.74, 6) is 1.45. The number of anilines is 2. The molecule has 162 valence electrons. The van der Waals surface area contributed by atoms with E-state index in [2.05, 4.69) is 5.32 Å².